The third-order valence-corrected chi connectivity index (χ3v) is 10.6. The molecule has 0 aromatic heterocycles. The van der Waals surface area contributed by atoms with E-state index in [1.165, 1.54) is 103 Å². The van der Waals surface area contributed by atoms with Crippen molar-refractivity contribution in [3.63, 3.8) is 0 Å². The van der Waals surface area contributed by atoms with Crippen molar-refractivity contribution < 1.29 is 28.6 Å². The molecular weight excluding hydrogens is 769 g/mol. The van der Waals surface area contributed by atoms with Crippen LogP contribution in [-0.2, 0) is 28.6 Å². The number of rotatable bonds is 45. The molecule has 0 rings (SSSR count). The lowest BCUT2D eigenvalue weighted by molar-refractivity contribution is -0.166. The van der Waals surface area contributed by atoms with Gasteiger partial charge in [0.25, 0.3) is 0 Å². The second-order valence-corrected chi connectivity index (χ2v) is 16.7. The minimum Gasteiger partial charge on any atom is -0.462 e. The first-order valence-electron chi connectivity index (χ1n) is 25.6. The monoisotopic (exact) mass is 863 g/mol. The molecule has 1 atom stereocenters. The minimum absolute atomic E-state index is 0.108. The Morgan fingerprint density at radius 1 is 0.339 bits per heavy atom. The number of allylic oxidation sites excluding steroid dienone is 14. The Morgan fingerprint density at radius 3 is 1.08 bits per heavy atom. The van der Waals surface area contributed by atoms with Gasteiger partial charge in [-0.25, -0.2) is 0 Å². The topological polar surface area (TPSA) is 78.9 Å². The molecule has 0 spiro atoms. The van der Waals surface area contributed by atoms with Crippen LogP contribution in [0.2, 0.25) is 0 Å². The maximum atomic E-state index is 12.7. The average Bonchev–Trinajstić information content (AvgIpc) is 3.27. The Morgan fingerprint density at radius 2 is 0.661 bits per heavy atom. The van der Waals surface area contributed by atoms with Gasteiger partial charge in [-0.05, 0) is 83.5 Å². The number of carbonyl (C=O) groups is 3. The molecule has 0 N–H and O–H groups in total. The molecule has 0 aliphatic heterocycles. The second-order valence-electron chi connectivity index (χ2n) is 16.7. The zero-order valence-electron chi connectivity index (χ0n) is 40.4. The molecular formula is C56H94O6. The molecule has 0 aromatic carbocycles. The van der Waals surface area contributed by atoms with E-state index < -0.39 is 12.1 Å². The van der Waals surface area contributed by atoms with Gasteiger partial charge in [-0.1, -0.05) is 215 Å². The fourth-order valence-electron chi connectivity index (χ4n) is 6.81. The van der Waals surface area contributed by atoms with Crippen LogP contribution >= 0.6 is 0 Å². The van der Waals surface area contributed by atoms with Crippen LogP contribution < -0.4 is 0 Å². The van der Waals surface area contributed by atoms with Crippen molar-refractivity contribution in [1.82, 2.24) is 0 Å². The Labute approximate surface area is 382 Å². The third kappa shape index (κ3) is 47.6. The Kier molecular flexibility index (Phi) is 47.5. The molecule has 0 bridgehead atoms. The van der Waals surface area contributed by atoms with Crippen LogP contribution in [0.1, 0.15) is 233 Å². The molecule has 0 heterocycles. The van der Waals surface area contributed by atoms with E-state index in [9.17, 15) is 14.4 Å². The molecule has 1 unspecified atom stereocenters. The lowest BCUT2D eigenvalue weighted by atomic mass is 10.1. The van der Waals surface area contributed by atoms with E-state index in [-0.39, 0.29) is 31.6 Å². The predicted molar refractivity (Wildman–Crippen MR) is 265 cm³/mol. The highest BCUT2D eigenvalue weighted by Gasteiger charge is 2.19. The number of carbonyl (C=O) groups excluding carboxylic acids is 3. The van der Waals surface area contributed by atoms with Gasteiger partial charge in [0.2, 0.25) is 0 Å². The van der Waals surface area contributed by atoms with Crippen LogP contribution in [0.3, 0.4) is 0 Å². The summed E-state index contributed by atoms with van der Waals surface area (Å²) in [5.41, 5.74) is 0. The molecule has 0 saturated heterocycles. The first-order valence-corrected chi connectivity index (χ1v) is 25.6. The smallest absolute Gasteiger partial charge is 0.306 e. The standard InChI is InChI=1S/C56H94O6/c1-4-7-10-13-16-19-22-24-26-28-30-31-34-37-40-43-46-49-55(58)61-52-53(51-60-54(57)48-45-42-39-36-33-21-18-15-12-9-6-3)62-56(59)50-47-44-41-38-35-32-29-27-25-23-20-17-14-11-8-5-2/h8,11,16-17,19-20,24-27,32,35,41,44,53H,4-7,9-10,12-15,18,21-23,28-31,33-34,36-40,42-43,45-52H2,1-3H3/b11-8-,19-16-,20-17-,26-24-,27-25-,35-32-,44-41-. The highest BCUT2D eigenvalue weighted by atomic mass is 16.6. The van der Waals surface area contributed by atoms with Gasteiger partial charge < -0.3 is 14.2 Å². The van der Waals surface area contributed by atoms with E-state index >= 15 is 0 Å². The van der Waals surface area contributed by atoms with E-state index in [0.717, 1.165) is 83.5 Å². The van der Waals surface area contributed by atoms with E-state index in [4.69, 9.17) is 14.2 Å². The van der Waals surface area contributed by atoms with E-state index in [1.807, 2.05) is 12.2 Å². The maximum Gasteiger partial charge on any atom is 0.306 e. The van der Waals surface area contributed by atoms with Crippen molar-refractivity contribution in [1.29, 1.82) is 0 Å². The van der Waals surface area contributed by atoms with Crippen LogP contribution in [-0.4, -0.2) is 37.2 Å². The molecule has 6 heteroatoms. The van der Waals surface area contributed by atoms with Crippen LogP contribution in [0.4, 0.5) is 0 Å². The van der Waals surface area contributed by atoms with Crippen molar-refractivity contribution in [2.75, 3.05) is 13.2 Å². The van der Waals surface area contributed by atoms with Crippen molar-refractivity contribution in [3.8, 4) is 0 Å². The lowest BCUT2D eigenvalue weighted by Gasteiger charge is -2.18. The zero-order valence-corrected chi connectivity index (χ0v) is 40.4. The Balaban J connectivity index is 4.49. The average molecular weight is 863 g/mol. The van der Waals surface area contributed by atoms with Crippen molar-refractivity contribution in [2.24, 2.45) is 0 Å². The van der Waals surface area contributed by atoms with Gasteiger partial charge in [0, 0.05) is 19.3 Å². The molecule has 0 saturated carbocycles. The fourth-order valence-corrected chi connectivity index (χ4v) is 6.81. The molecule has 0 aliphatic rings. The zero-order chi connectivity index (χ0) is 45.1. The summed E-state index contributed by atoms with van der Waals surface area (Å²) >= 11 is 0. The molecule has 0 aliphatic carbocycles. The normalized spacial score (nSPS) is 12.8. The highest BCUT2D eigenvalue weighted by Crippen LogP contribution is 2.14. The van der Waals surface area contributed by atoms with Crippen LogP contribution in [0.5, 0.6) is 0 Å². The Hall–Kier alpha value is -3.41. The summed E-state index contributed by atoms with van der Waals surface area (Å²) in [5, 5.41) is 0. The molecule has 6 nitrogen and oxygen atoms in total. The van der Waals surface area contributed by atoms with E-state index in [1.54, 1.807) is 0 Å². The second kappa shape index (κ2) is 50.2. The van der Waals surface area contributed by atoms with Gasteiger partial charge in [0.1, 0.15) is 13.2 Å². The molecule has 354 valence electrons. The number of ether oxygens (including phenoxy) is 3. The SMILES string of the molecule is CC/C=C\C/C=C\C/C=C\C/C=C\C/C=C\CCC(=O)OC(COC(=O)CCCCCCCCC/C=C\C/C=C\CCCCC)COC(=O)CCCCCCCCCCCCC. The number of esters is 3. The summed E-state index contributed by atoms with van der Waals surface area (Å²) in [6, 6.07) is 0. The molecule has 0 amide bonds. The van der Waals surface area contributed by atoms with Gasteiger partial charge in [0.05, 0.1) is 0 Å². The van der Waals surface area contributed by atoms with Crippen LogP contribution in [0, 0.1) is 0 Å². The summed E-state index contributed by atoms with van der Waals surface area (Å²) in [5.74, 6) is -1.00. The third-order valence-electron chi connectivity index (χ3n) is 10.6. The fraction of sp³-hybridized carbons (Fsp3) is 0.696. The van der Waals surface area contributed by atoms with Gasteiger partial charge >= 0.3 is 17.9 Å². The van der Waals surface area contributed by atoms with Gasteiger partial charge in [-0.2, -0.15) is 0 Å². The Bertz CT molecular complexity index is 1220. The van der Waals surface area contributed by atoms with Gasteiger partial charge in [-0.15, -0.1) is 0 Å². The van der Waals surface area contributed by atoms with E-state index in [0.29, 0.717) is 19.3 Å². The number of hydrogen-bond acceptors (Lipinski definition) is 6. The van der Waals surface area contributed by atoms with Crippen molar-refractivity contribution >= 4 is 17.9 Å². The van der Waals surface area contributed by atoms with Crippen LogP contribution in [0.25, 0.3) is 0 Å². The number of hydrogen-bond donors (Lipinski definition) is 0. The summed E-state index contributed by atoms with van der Waals surface area (Å²) in [6.07, 6.45) is 64.3. The first kappa shape index (κ1) is 58.6. The quantitative estimate of drug-likeness (QED) is 0.0263. The molecule has 62 heavy (non-hydrogen) atoms. The largest absolute Gasteiger partial charge is 0.462 e. The first-order chi connectivity index (χ1) is 30.5. The summed E-state index contributed by atoms with van der Waals surface area (Å²) < 4.78 is 16.7. The maximum absolute atomic E-state index is 12.7. The summed E-state index contributed by atoms with van der Waals surface area (Å²) in [4.78, 5) is 37.9. The van der Waals surface area contributed by atoms with Crippen LogP contribution in [0.15, 0.2) is 85.1 Å². The van der Waals surface area contributed by atoms with E-state index in [2.05, 4.69) is 93.7 Å². The number of unbranched alkanes of at least 4 members (excludes halogenated alkanes) is 20. The van der Waals surface area contributed by atoms with Gasteiger partial charge in [0.15, 0.2) is 6.10 Å². The molecule has 0 aromatic rings. The summed E-state index contributed by atoms with van der Waals surface area (Å²) in [6.45, 7) is 6.42. The van der Waals surface area contributed by atoms with Crippen molar-refractivity contribution in [3.05, 3.63) is 85.1 Å². The van der Waals surface area contributed by atoms with Gasteiger partial charge in [-0.3, -0.25) is 14.4 Å². The predicted octanol–water partition coefficient (Wildman–Crippen LogP) is 16.8. The lowest BCUT2D eigenvalue weighted by Crippen LogP contribution is -2.30. The minimum atomic E-state index is -0.817. The molecule has 0 fully saturated rings. The molecule has 0 radical (unpaired) electrons. The highest BCUT2D eigenvalue weighted by molar-refractivity contribution is 5.71. The van der Waals surface area contributed by atoms with Crippen molar-refractivity contribution in [2.45, 2.75) is 239 Å². The summed E-state index contributed by atoms with van der Waals surface area (Å²) in [7, 11) is 0.